The first-order valence-corrected chi connectivity index (χ1v) is 7.17. The van der Waals surface area contributed by atoms with Gasteiger partial charge >= 0.3 is 0 Å². The molecule has 0 radical (unpaired) electrons. The highest BCUT2D eigenvalue weighted by molar-refractivity contribution is 7.13. The predicted octanol–water partition coefficient (Wildman–Crippen LogP) is 2.67. The van der Waals surface area contributed by atoms with Crippen LogP contribution in [0.3, 0.4) is 0 Å². The van der Waals surface area contributed by atoms with Gasteiger partial charge in [0, 0.05) is 18.2 Å². The molecule has 0 unspecified atom stereocenters. The lowest BCUT2D eigenvalue weighted by molar-refractivity contribution is -0.116. The molecule has 3 rings (SSSR count). The summed E-state index contributed by atoms with van der Waals surface area (Å²) in [6.45, 7) is 1.88. The Morgan fingerprint density at radius 2 is 2.33 bits per heavy atom. The molecule has 0 saturated heterocycles. The highest BCUT2D eigenvalue weighted by atomic mass is 32.1. The summed E-state index contributed by atoms with van der Waals surface area (Å²) in [6.07, 6.45) is 2.15. The van der Waals surface area contributed by atoms with Crippen LogP contribution in [0, 0.1) is 6.92 Å². The van der Waals surface area contributed by atoms with E-state index in [1.807, 2.05) is 12.3 Å². The molecule has 0 aliphatic carbocycles. The molecule has 0 fully saturated rings. The zero-order chi connectivity index (χ0) is 14.7. The van der Waals surface area contributed by atoms with Gasteiger partial charge in [-0.1, -0.05) is 5.16 Å². The molecule has 1 amide bonds. The molecule has 3 aromatic heterocycles. The third-order valence-corrected chi connectivity index (χ3v) is 3.52. The van der Waals surface area contributed by atoms with Crippen LogP contribution in [0.2, 0.25) is 0 Å². The number of nitrogens with one attached hydrogen (secondary N) is 1. The van der Waals surface area contributed by atoms with Crippen molar-refractivity contribution in [3.05, 3.63) is 35.4 Å². The normalized spacial score (nSPS) is 10.7. The number of anilines is 1. The lowest BCUT2D eigenvalue weighted by Crippen LogP contribution is -2.12. The number of aromatic nitrogens is 3. The maximum atomic E-state index is 11.8. The number of thiazole rings is 1. The van der Waals surface area contributed by atoms with Gasteiger partial charge in [-0.15, -0.1) is 11.3 Å². The standard InChI is InChI=1S/C13H12N4O3S/c1-8-7-21-13(14-8)15-10(18)4-5-11-16-12(17-20-11)9-3-2-6-19-9/h2-3,6-7H,4-5H2,1H3,(H,14,15,18). The van der Waals surface area contributed by atoms with E-state index in [0.717, 1.165) is 5.69 Å². The molecular formula is C13H12N4O3S. The van der Waals surface area contributed by atoms with E-state index in [1.54, 1.807) is 12.1 Å². The maximum Gasteiger partial charge on any atom is 0.238 e. The zero-order valence-electron chi connectivity index (χ0n) is 11.2. The van der Waals surface area contributed by atoms with E-state index in [4.69, 9.17) is 8.94 Å². The van der Waals surface area contributed by atoms with Crippen molar-refractivity contribution in [3.63, 3.8) is 0 Å². The monoisotopic (exact) mass is 304 g/mol. The second-order valence-corrected chi connectivity index (χ2v) is 5.19. The number of rotatable bonds is 5. The number of carbonyl (C=O) groups excluding carboxylic acids is 1. The second-order valence-electron chi connectivity index (χ2n) is 4.33. The van der Waals surface area contributed by atoms with Crippen molar-refractivity contribution in [2.24, 2.45) is 0 Å². The van der Waals surface area contributed by atoms with Crippen molar-refractivity contribution < 1.29 is 13.7 Å². The van der Waals surface area contributed by atoms with Gasteiger partial charge in [0.05, 0.1) is 12.0 Å². The van der Waals surface area contributed by atoms with E-state index in [1.165, 1.54) is 17.6 Å². The molecule has 3 heterocycles. The lowest BCUT2D eigenvalue weighted by atomic mass is 10.3. The summed E-state index contributed by atoms with van der Waals surface area (Å²) in [4.78, 5) is 20.1. The molecule has 0 spiro atoms. The average molecular weight is 304 g/mol. The molecule has 7 nitrogen and oxygen atoms in total. The summed E-state index contributed by atoms with van der Waals surface area (Å²) < 4.78 is 10.2. The molecule has 108 valence electrons. The first-order valence-electron chi connectivity index (χ1n) is 6.29. The van der Waals surface area contributed by atoms with Crippen LogP contribution in [0.15, 0.2) is 32.7 Å². The van der Waals surface area contributed by atoms with Gasteiger partial charge in [0.25, 0.3) is 0 Å². The lowest BCUT2D eigenvalue weighted by Gasteiger charge is -1.98. The smallest absolute Gasteiger partial charge is 0.238 e. The predicted molar refractivity (Wildman–Crippen MR) is 75.8 cm³/mol. The summed E-state index contributed by atoms with van der Waals surface area (Å²) in [5.74, 6) is 1.17. The molecule has 3 aromatic rings. The van der Waals surface area contributed by atoms with Crippen LogP contribution in [0.25, 0.3) is 11.6 Å². The molecule has 8 heteroatoms. The fraction of sp³-hybridized carbons (Fsp3) is 0.231. The Morgan fingerprint density at radius 3 is 3.05 bits per heavy atom. The number of nitrogens with zero attached hydrogens (tertiary/aromatic N) is 3. The van der Waals surface area contributed by atoms with Gasteiger partial charge in [-0.3, -0.25) is 4.79 Å². The van der Waals surface area contributed by atoms with E-state index in [-0.39, 0.29) is 12.3 Å². The Hall–Kier alpha value is -2.48. The van der Waals surface area contributed by atoms with Crippen molar-refractivity contribution in [2.75, 3.05) is 5.32 Å². The highest BCUT2D eigenvalue weighted by Crippen LogP contribution is 2.17. The van der Waals surface area contributed by atoms with Gasteiger partial charge in [0.1, 0.15) is 0 Å². The number of furan rings is 1. The topological polar surface area (TPSA) is 94.1 Å². The van der Waals surface area contributed by atoms with Gasteiger partial charge in [0.2, 0.25) is 17.6 Å². The molecular weight excluding hydrogens is 292 g/mol. The van der Waals surface area contributed by atoms with Gasteiger partial charge in [0.15, 0.2) is 10.9 Å². The Bertz CT molecular complexity index is 732. The zero-order valence-corrected chi connectivity index (χ0v) is 12.0. The van der Waals surface area contributed by atoms with Crippen LogP contribution in [0.5, 0.6) is 0 Å². The third-order valence-electron chi connectivity index (χ3n) is 2.64. The van der Waals surface area contributed by atoms with Crippen LogP contribution in [-0.4, -0.2) is 21.0 Å². The van der Waals surface area contributed by atoms with Crippen LogP contribution < -0.4 is 5.32 Å². The molecule has 21 heavy (non-hydrogen) atoms. The summed E-state index contributed by atoms with van der Waals surface area (Å²) in [5, 5.41) is 9.00. The van der Waals surface area contributed by atoms with Crippen molar-refractivity contribution in [1.82, 2.24) is 15.1 Å². The molecule has 0 saturated carbocycles. The fourth-order valence-corrected chi connectivity index (χ4v) is 2.38. The molecule has 1 N–H and O–H groups in total. The van der Waals surface area contributed by atoms with Crippen LogP contribution in [0.1, 0.15) is 18.0 Å². The summed E-state index contributed by atoms with van der Waals surface area (Å²) in [6, 6.07) is 3.49. The van der Waals surface area contributed by atoms with Crippen LogP contribution >= 0.6 is 11.3 Å². The van der Waals surface area contributed by atoms with E-state index >= 15 is 0 Å². The first-order chi connectivity index (χ1) is 10.2. The molecule has 0 atom stereocenters. The number of hydrogen-bond acceptors (Lipinski definition) is 7. The van der Waals surface area contributed by atoms with Gasteiger partial charge in [-0.05, 0) is 19.1 Å². The Kier molecular flexibility index (Phi) is 3.78. The maximum absolute atomic E-state index is 11.8. The largest absolute Gasteiger partial charge is 0.461 e. The van der Waals surface area contributed by atoms with Crippen molar-refractivity contribution in [2.45, 2.75) is 19.8 Å². The fourth-order valence-electron chi connectivity index (χ4n) is 1.68. The summed E-state index contributed by atoms with van der Waals surface area (Å²) in [5.41, 5.74) is 0.885. The van der Waals surface area contributed by atoms with E-state index in [0.29, 0.717) is 29.0 Å². The minimum atomic E-state index is -0.137. The first kappa shape index (κ1) is 13.5. The SMILES string of the molecule is Cc1csc(NC(=O)CCc2nc(-c3ccco3)no2)n1. The highest BCUT2D eigenvalue weighted by Gasteiger charge is 2.12. The second kappa shape index (κ2) is 5.88. The Labute approximate surface area is 124 Å². The van der Waals surface area contributed by atoms with Crippen LogP contribution in [0.4, 0.5) is 5.13 Å². The number of carbonyl (C=O) groups is 1. The summed E-state index contributed by atoms with van der Waals surface area (Å²) in [7, 11) is 0. The van der Waals surface area contributed by atoms with Crippen LogP contribution in [-0.2, 0) is 11.2 Å². The quantitative estimate of drug-likeness (QED) is 0.778. The van der Waals surface area contributed by atoms with Crippen molar-refractivity contribution in [3.8, 4) is 11.6 Å². The minimum Gasteiger partial charge on any atom is -0.461 e. The number of amides is 1. The van der Waals surface area contributed by atoms with E-state index < -0.39 is 0 Å². The van der Waals surface area contributed by atoms with E-state index in [2.05, 4.69) is 20.4 Å². The number of aryl methyl sites for hydroxylation is 2. The molecule has 0 aliphatic rings. The van der Waals surface area contributed by atoms with Crippen molar-refractivity contribution >= 4 is 22.4 Å². The Morgan fingerprint density at radius 1 is 1.43 bits per heavy atom. The third kappa shape index (κ3) is 3.34. The summed E-state index contributed by atoms with van der Waals surface area (Å²) >= 11 is 1.40. The van der Waals surface area contributed by atoms with Gasteiger partial charge < -0.3 is 14.3 Å². The van der Waals surface area contributed by atoms with Gasteiger partial charge in [-0.25, -0.2) is 4.98 Å². The molecule has 0 aromatic carbocycles. The number of hydrogen-bond donors (Lipinski definition) is 1. The molecule has 0 bridgehead atoms. The minimum absolute atomic E-state index is 0.137. The van der Waals surface area contributed by atoms with Gasteiger partial charge in [-0.2, -0.15) is 4.98 Å². The average Bonchev–Trinajstić information content (AvgIpc) is 3.17. The molecule has 0 aliphatic heterocycles. The Balaban J connectivity index is 1.54. The van der Waals surface area contributed by atoms with Crippen molar-refractivity contribution in [1.29, 1.82) is 0 Å². The van der Waals surface area contributed by atoms with E-state index in [9.17, 15) is 4.79 Å².